The summed E-state index contributed by atoms with van der Waals surface area (Å²) in [5.41, 5.74) is 6.08. The first kappa shape index (κ1) is 11.2. The zero-order chi connectivity index (χ0) is 12.4. The fourth-order valence-corrected chi connectivity index (χ4v) is 1.42. The van der Waals surface area contributed by atoms with Crippen LogP contribution in [0.25, 0.3) is 5.82 Å². The molecule has 0 fully saturated rings. The van der Waals surface area contributed by atoms with E-state index in [0.29, 0.717) is 17.5 Å². The molecule has 86 valence electrons. The maximum atomic E-state index is 8.78. The Labute approximate surface area is 97.9 Å². The zero-order valence-electron chi connectivity index (χ0n) is 9.49. The summed E-state index contributed by atoms with van der Waals surface area (Å²) in [7, 11) is 0. The van der Waals surface area contributed by atoms with Crippen LogP contribution in [0.15, 0.2) is 12.4 Å². The molecule has 2 heterocycles. The van der Waals surface area contributed by atoms with Crippen LogP contribution in [0.4, 0.5) is 0 Å². The van der Waals surface area contributed by atoms with Gasteiger partial charge in [0.1, 0.15) is 23.9 Å². The van der Waals surface area contributed by atoms with Crippen molar-refractivity contribution in [3.05, 3.63) is 29.7 Å². The Morgan fingerprint density at radius 2 is 2.24 bits per heavy atom. The molecule has 0 unspecified atom stereocenters. The fraction of sp³-hybridized carbons (Fsp3) is 0.300. The number of hydrogen-bond acceptors (Lipinski definition) is 6. The molecule has 0 bridgehead atoms. The largest absolute Gasteiger partial charge is 0.322 e. The van der Waals surface area contributed by atoms with E-state index < -0.39 is 0 Å². The highest BCUT2D eigenvalue weighted by Crippen LogP contribution is 2.12. The smallest absolute Gasteiger partial charge is 0.160 e. The molecule has 0 spiro atoms. The molecular formula is C10H11N7. The minimum absolute atomic E-state index is 0.267. The predicted molar refractivity (Wildman–Crippen MR) is 59.0 cm³/mol. The van der Waals surface area contributed by atoms with Gasteiger partial charge in [0.15, 0.2) is 11.6 Å². The van der Waals surface area contributed by atoms with E-state index in [1.807, 2.05) is 13.0 Å². The molecule has 2 N–H and O–H groups in total. The minimum atomic E-state index is -0.267. The third-order valence-corrected chi connectivity index (χ3v) is 2.13. The van der Waals surface area contributed by atoms with Crippen molar-refractivity contribution in [2.24, 2.45) is 5.73 Å². The van der Waals surface area contributed by atoms with Crippen molar-refractivity contribution in [1.82, 2.24) is 24.7 Å². The Kier molecular flexibility index (Phi) is 2.80. The summed E-state index contributed by atoms with van der Waals surface area (Å²) >= 11 is 0. The van der Waals surface area contributed by atoms with Crippen LogP contribution in [0.3, 0.4) is 0 Å². The Hall–Kier alpha value is -2.33. The summed E-state index contributed by atoms with van der Waals surface area (Å²) in [5, 5.41) is 13.0. The standard InChI is InChI=1S/C10H11N7/c1-6(12)10-15-7(2)16-17(10)9-3-8(4-11)13-5-14-9/h3,5-6H,12H2,1-2H3/t6-/m0/s1. The summed E-state index contributed by atoms with van der Waals surface area (Å²) in [4.78, 5) is 12.1. The van der Waals surface area contributed by atoms with Crippen molar-refractivity contribution in [2.75, 3.05) is 0 Å². The monoisotopic (exact) mass is 229 g/mol. The molecule has 17 heavy (non-hydrogen) atoms. The molecule has 1 atom stereocenters. The number of nitrogens with zero attached hydrogens (tertiary/aromatic N) is 6. The van der Waals surface area contributed by atoms with E-state index in [4.69, 9.17) is 11.0 Å². The topological polar surface area (TPSA) is 106 Å². The molecule has 0 aliphatic heterocycles. The molecule has 0 aliphatic rings. The molecule has 7 heteroatoms. The molecule has 2 aromatic rings. The number of hydrogen-bond donors (Lipinski definition) is 1. The highest BCUT2D eigenvalue weighted by atomic mass is 15.4. The van der Waals surface area contributed by atoms with Crippen molar-refractivity contribution >= 4 is 0 Å². The highest BCUT2D eigenvalue weighted by molar-refractivity contribution is 5.30. The lowest BCUT2D eigenvalue weighted by molar-refractivity contribution is 0.679. The molecule has 0 radical (unpaired) electrons. The third-order valence-electron chi connectivity index (χ3n) is 2.13. The number of nitrogens with two attached hydrogens (primary N) is 1. The van der Waals surface area contributed by atoms with Crippen LogP contribution in [0, 0.1) is 18.3 Å². The second-order valence-electron chi connectivity index (χ2n) is 3.59. The maximum Gasteiger partial charge on any atom is 0.160 e. The van der Waals surface area contributed by atoms with Crippen LogP contribution in [0.5, 0.6) is 0 Å². The van der Waals surface area contributed by atoms with Gasteiger partial charge < -0.3 is 5.73 Å². The Bertz CT molecular complexity index is 579. The summed E-state index contributed by atoms with van der Waals surface area (Å²) in [6, 6.07) is 3.22. The SMILES string of the molecule is Cc1nc([C@H](C)N)n(-c2cc(C#N)ncn2)n1. The van der Waals surface area contributed by atoms with Crippen molar-refractivity contribution in [3.63, 3.8) is 0 Å². The van der Waals surface area contributed by atoms with Crippen molar-refractivity contribution in [2.45, 2.75) is 19.9 Å². The normalized spacial score (nSPS) is 12.1. The predicted octanol–water partition coefficient (Wildman–Crippen LogP) is 0.257. The second-order valence-corrected chi connectivity index (χ2v) is 3.59. The van der Waals surface area contributed by atoms with Gasteiger partial charge in [0.2, 0.25) is 0 Å². The molecule has 2 aromatic heterocycles. The average Bonchev–Trinajstić information content (AvgIpc) is 2.72. The highest BCUT2D eigenvalue weighted by Gasteiger charge is 2.14. The van der Waals surface area contributed by atoms with E-state index in [1.165, 1.54) is 11.0 Å². The van der Waals surface area contributed by atoms with Gasteiger partial charge in [-0.05, 0) is 13.8 Å². The summed E-state index contributed by atoms with van der Waals surface area (Å²) in [6.07, 6.45) is 1.32. The molecule has 7 nitrogen and oxygen atoms in total. The van der Waals surface area contributed by atoms with Gasteiger partial charge in [0.25, 0.3) is 0 Å². The number of aromatic nitrogens is 5. The van der Waals surface area contributed by atoms with Gasteiger partial charge >= 0.3 is 0 Å². The molecule has 0 aliphatic carbocycles. The number of rotatable bonds is 2. The van der Waals surface area contributed by atoms with Crippen molar-refractivity contribution in [3.8, 4) is 11.9 Å². The van der Waals surface area contributed by atoms with Gasteiger partial charge in [0.05, 0.1) is 6.04 Å². The van der Waals surface area contributed by atoms with E-state index >= 15 is 0 Å². The molecule has 0 saturated heterocycles. The second kappa shape index (κ2) is 4.27. The lowest BCUT2D eigenvalue weighted by Crippen LogP contribution is -2.14. The lowest BCUT2D eigenvalue weighted by Gasteiger charge is -2.06. The minimum Gasteiger partial charge on any atom is -0.322 e. The Morgan fingerprint density at radius 1 is 1.47 bits per heavy atom. The molecule has 0 amide bonds. The summed E-state index contributed by atoms with van der Waals surface area (Å²) in [6.45, 7) is 3.58. The molecule has 0 aromatic carbocycles. The van der Waals surface area contributed by atoms with E-state index in [0.717, 1.165) is 0 Å². The first-order valence-corrected chi connectivity index (χ1v) is 5.03. The Morgan fingerprint density at radius 3 is 2.88 bits per heavy atom. The molecule has 0 saturated carbocycles. The number of aryl methyl sites for hydroxylation is 1. The van der Waals surface area contributed by atoms with Crippen LogP contribution >= 0.6 is 0 Å². The van der Waals surface area contributed by atoms with E-state index in [-0.39, 0.29) is 11.7 Å². The van der Waals surface area contributed by atoms with Crippen molar-refractivity contribution < 1.29 is 0 Å². The van der Waals surface area contributed by atoms with Crippen LogP contribution in [0.2, 0.25) is 0 Å². The van der Waals surface area contributed by atoms with Crippen LogP contribution in [-0.4, -0.2) is 24.7 Å². The quantitative estimate of drug-likeness (QED) is 0.791. The van der Waals surface area contributed by atoms with Gasteiger partial charge in [-0.3, -0.25) is 0 Å². The lowest BCUT2D eigenvalue weighted by atomic mass is 10.3. The van der Waals surface area contributed by atoms with E-state index in [2.05, 4.69) is 20.1 Å². The fourth-order valence-electron chi connectivity index (χ4n) is 1.42. The summed E-state index contributed by atoms with van der Waals surface area (Å²) < 4.78 is 1.53. The van der Waals surface area contributed by atoms with Gasteiger partial charge in [-0.1, -0.05) is 0 Å². The van der Waals surface area contributed by atoms with E-state index in [9.17, 15) is 0 Å². The molecular weight excluding hydrogens is 218 g/mol. The first-order chi connectivity index (χ1) is 8.11. The van der Waals surface area contributed by atoms with Gasteiger partial charge in [-0.15, -0.1) is 5.10 Å². The van der Waals surface area contributed by atoms with Gasteiger partial charge in [0, 0.05) is 6.07 Å². The van der Waals surface area contributed by atoms with E-state index in [1.54, 1.807) is 13.0 Å². The maximum absolute atomic E-state index is 8.78. The first-order valence-electron chi connectivity index (χ1n) is 5.03. The number of nitriles is 1. The van der Waals surface area contributed by atoms with Gasteiger partial charge in [-0.25, -0.2) is 15.0 Å². The Balaban J connectivity index is 2.56. The zero-order valence-corrected chi connectivity index (χ0v) is 9.49. The van der Waals surface area contributed by atoms with Crippen molar-refractivity contribution in [1.29, 1.82) is 5.26 Å². The van der Waals surface area contributed by atoms with Crippen LogP contribution < -0.4 is 5.73 Å². The van der Waals surface area contributed by atoms with Crippen LogP contribution in [-0.2, 0) is 0 Å². The molecule has 2 rings (SSSR count). The van der Waals surface area contributed by atoms with Crippen LogP contribution in [0.1, 0.15) is 30.3 Å². The summed E-state index contributed by atoms with van der Waals surface area (Å²) in [5.74, 6) is 1.70. The van der Waals surface area contributed by atoms with Gasteiger partial charge in [-0.2, -0.15) is 9.94 Å². The third kappa shape index (κ3) is 2.11. The average molecular weight is 229 g/mol.